The van der Waals surface area contributed by atoms with Crippen LogP contribution in [0.3, 0.4) is 0 Å². The van der Waals surface area contributed by atoms with Gasteiger partial charge < -0.3 is 18.0 Å². The Hall–Kier alpha value is -9.33. The van der Waals surface area contributed by atoms with E-state index in [1.54, 1.807) is 0 Å². The second-order valence-corrected chi connectivity index (χ2v) is 17.5. The van der Waals surface area contributed by atoms with Crippen molar-refractivity contribution in [2.45, 2.75) is 0 Å². The van der Waals surface area contributed by atoms with Crippen LogP contribution in [0, 0.1) is 0 Å². The van der Waals surface area contributed by atoms with Gasteiger partial charge in [-0.15, -0.1) is 0 Å². The van der Waals surface area contributed by atoms with Gasteiger partial charge >= 0.3 is 0 Å². The first kappa shape index (κ1) is 36.9. The monoisotopic (exact) mass is 869 g/mol. The molecule has 0 saturated carbocycles. The van der Waals surface area contributed by atoms with Gasteiger partial charge in [0.2, 0.25) is 0 Å². The zero-order chi connectivity index (χ0) is 44.5. The molecule has 0 bridgehead atoms. The van der Waals surface area contributed by atoms with Gasteiger partial charge in [-0.05, 0) is 102 Å². The highest BCUT2D eigenvalue weighted by molar-refractivity contribution is 6.16. The molecule has 0 saturated heterocycles. The number of rotatable bonds is 5. The zero-order valence-corrected chi connectivity index (χ0v) is 36.3. The minimum absolute atomic E-state index is 0.493. The van der Waals surface area contributed by atoms with Crippen molar-refractivity contribution in [2.24, 2.45) is 0 Å². The van der Waals surface area contributed by atoms with Gasteiger partial charge in [-0.1, -0.05) is 121 Å². The molecular weight excluding hydrogens is 835 g/mol. The molecule has 0 spiro atoms. The van der Waals surface area contributed by atoms with E-state index in [0.29, 0.717) is 23.1 Å². The summed E-state index contributed by atoms with van der Waals surface area (Å²) in [4.78, 5) is 16.4. The molecule has 0 fully saturated rings. The van der Waals surface area contributed by atoms with Crippen molar-refractivity contribution in [3.05, 3.63) is 212 Å². The summed E-state index contributed by atoms with van der Waals surface area (Å²) < 4.78 is 18.1. The van der Waals surface area contributed by atoms with Gasteiger partial charge in [0, 0.05) is 59.9 Å². The first-order valence-corrected chi connectivity index (χ1v) is 22.8. The largest absolute Gasteiger partial charge is 0.456 e. The lowest BCUT2D eigenvalue weighted by Crippen LogP contribution is -2.04. The van der Waals surface area contributed by atoms with Gasteiger partial charge in [-0.3, -0.25) is 0 Å². The number of hydrogen-bond donors (Lipinski definition) is 0. The van der Waals surface area contributed by atoms with E-state index in [0.717, 1.165) is 115 Å². The number of hydrogen-bond acceptors (Lipinski definition) is 5. The second kappa shape index (κ2) is 14.1. The molecule has 0 aliphatic carbocycles. The molecular formula is C61H35N5O2. The lowest BCUT2D eigenvalue weighted by Gasteiger charge is -2.15. The molecule has 5 aromatic heterocycles. The van der Waals surface area contributed by atoms with E-state index in [2.05, 4.69) is 191 Å². The van der Waals surface area contributed by atoms with Gasteiger partial charge in [0.25, 0.3) is 0 Å². The lowest BCUT2D eigenvalue weighted by atomic mass is 10.0. The fourth-order valence-electron chi connectivity index (χ4n) is 10.7. The fraction of sp³-hybridized carbons (Fsp3) is 0. The molecule has 0 amide bonds. The summed E-state index contributed by atoms with van der Waals surface area (Å²) in [6.07, 6.45) is 0. The van der Waals surface area contributed by atoms with E-state index in [-0.39, 0.29) is 0 Å². The van der Waals surface area contributed by atoms with E-state index in [4.69, 9.17) is 23.8 Å². The summed E-state index contributed by atoms with van der Waals surface area (Å²) in [6.45, 7) is 0. The average Bonchev–Trinajstić information content (AvgIpc) is 4.15. The predicted molar refractivity (Wildman–Crippen MR) is 277 cm³/mol. The van der Waals surface area contributed by atoms with Crippen molar-refractivity contribution in [1.82, 2.24) is 24.1 Å². The van der Waals surface area contributed by atoms with Crippen LogP contribution in [0.2, 0.25) is 0 Å². The first-order chi connectivity index (χ1) is 33.7. The van der Waals surface area contributed by atoms with E-state index >= 15 is 0 Å². The Labute approximate surface area is 387 Å². The highest BCUT2D eigenvalue weighted by Crippen LogP contribution is 2.44. The van der Waals surface area contributed by atoms with E-state index in [9.17, 15) is 0 Å². The number of aromatic nitrogens is 5. The molecule has 15 aromatic rings. The van der Waals surface area contributed by atoms with Crippen LogP contribution >= 0.6 is 0 Å². The van der Waals surface area contributed by atoms with Crippen LogP contribution < -0.4 is 0 Å². The second-order valence-electron chi connectivity index (χ2n) is 17.5. The number of benzene rings is 10. The van der Waals surface area contributed by atoms with Crippen LogP contribution in [-0.4, -0.2) is 24.1 Å². The molecule has 10 aromatic carbocycles. The fourth-order valence-corrected chi connectivity index (χ4v) is 10.7. The van der Waals surface area contributed by atoms with Crippen LogP contribution in [0.5, 0.6) is 0 Å². The van der Waals surface area contributed by atoms with Crippen molar-refractivity contribution in [1.29, 1.82) is 0 Å². The quantitative estimate of drug-likeness (QED) is 0.172. The number of nitrogens with zero attached hydrogens (tertiary/aromatic N) is 5. The van der Waals surface area contributed by atoms with Crippen LogP contribution in [0.25, 0.3) is 144 Å². The van der Waals surface area contributed by atoms with Crippen molar-refractivity contribution < 1.29 is 8.83 Å². The van der Waals surface area contributed by atoms with Crippen LogP contribution in [-0.2, 0) is 0 Å². The smallest absolute Gasteiger partial charge is 0.170 e. The third-order valence-corrected chi connectivity index (χ3v) is 13.7. The summed E-state index contributed by atoms with van der Waals surface area (Å²) in [7, 11) is 0. The molecule has 0 radical (unpaired) electrons. The molecule has 7 nitrogen and oxygen atoms in total. The minimum atomic E-state index is 0.493. The Morgan fingerprint density at radius 1 is 0.309 bits per heavy atom. The normalized spacial score (nSPS) is 12.1. The predicted octanol–water partition coefficient (Wildman–Crippen LogP) is 16.0. The Kier molecular flexibility index (Phi) is 7.65. The summed E-state index contributed by atoms with van der Waals surface area (Å²) in [6, 6.07) is 74.4. The third kappa shape index (κ3) is 5.38. The highest BCUT2D eigenvalue weighted by Gasteiger charge is 2.25. The summed E-state index contributed by atoms with van der Waals surface area (Å²) >= 11 is 0. The molecule has 0 N–H and O–H groups in total. The maximum Gasteiger partial charge on any atom is 0.170 e. The van der Waals surface area contributed by atoms with Gasteiger partial charge in [0.1, 0.15) is 22.3 Å². The Morgan fingerprint density at radius 2 is 0.838 bits per heavy atom. The third-order valence-electron chi connectivity index (χ3n) is 13.7. The molecule has 0 aliphatic heterocycles. The average molecular weight is 870 g/mol. The summed E-state index contributed by atoms with van der Waals surface area (Å²) in [5, 5.41) is 11.0. The minimum Gasteiger partial charge on any atom is -0.456 e. The maximum atomic E-state index is 6.97. The Bertz CT molecular complexity index is 4570. The SMILES string of the molecule is c1ccc(-n2c3ccccc3c3cc(-c4nc(-c5ccc6c(c5)oc5ccccc56)nc(-c5c(-n6c7ccccc7c7cc8ccccc8cc76)ccc6c5oc5ccccc56)n4)ccc32)cc1. The number of para-hydroxylation sites is 5. The Morgan fingerprint density at radius 3 is 1.60 bits per heavy atom. The van der Waals surface area contributed by atoms with Crippen molar-refractivity contribution in [2.75, 3.05) is 0 Å². The summed E-state index contributed by atoms with van der Waals surface area (Å²) in [5.74, 6) is 1.56. The van der Waals surface area contributed by atoms with Gasteiger partial charge in [0.05, 0.1) is 33.3 Å². The molecule has 0 aliphatic rings. The lowest BCUT2D eigenvalue weighted by molar-refractivity contribution is 0.668. The van der Waals surface area contributed by atoms with Gasteiger partial charge in [0.15, 0.2) is 17.5 Å². The van der Waals surface area contributed by atoms with Crippen molar-refractivity contribution in [3.63, 3.8) is 0 Å². The highest BCUT2D eigenvalue weighted by atomic mass is 16.3. The summed E-state index contributed by atoms with van der Waals surface area (Å²) in [5.41, 5.74) is 11.9. The van der Waals surface area contributed by atoms with Crippen LogP contribution in [0.15, 0.2) is 221 Å². The molecule has 5 heterocycles. The topological polar surface area (TPSA) is 74.8 Å². The number of furan rings is 2. The number of fused-ring (bicyclic) bond motifs is 13. The molecule has 316 valence electrons. The Balaban J connectivity index is 1.05. The molecule has 0 unspecified atom stereocenters. The van der Waals surface area contributed by atoms with Crippen LogP contribution in [0.1, 0.15) is 0 Å². The van der Waals surface area contributed by atoms with Gasteiger partial charge in [-0.2, -0.15) is 0 Å². The van der Waals surface area contributed by atoms with Gasteiger partial charge in [-0.25, -0.2) is 15.0 Å². The van der Waals surface area contributed by atoms with E-state index in [1.807, 2.05) is 30.3 Å². The standard InChI is InChI=1S/C61H35N5O2/c1-2-16-40(17-3-1)65-49-22-10-6-18-41(49)47-33-38(27-30-51(47)65)59-62-60(39-26-28-45-43-20-8-12-24-54(43)67-56(45)35-39)64-61(63-59)57-52(31-29-46-44-21-9-13-25-55(44)68-58(46)57)66-50-23-11-7-19-42(50)48-32-36-14-4-5-15-37(36)34-53(48)66/h1-35H. The van der Waals surface area contributed by atoms with Crippen molar-refractivity contribution in [3.8, 4) is 45.5 Å². The molecule has 68 heavy (non-hydrogen) atoms. The molecule has 0 atom stereocenters. The van der Waals surface area contributed by atoms with Crippen molar-refractivity contribution >= 4 is 98.3 Å². The zero-order valence-electron chi connectivity index (χ0n) is 36.3. The van der Waals surface area contributed by atoms with E-state index in [1.165, 1.54) is 5.39 Å². The molecule has 7 heteroatoms. The van der Waals surface area contributed by atoms with Crippen LogP contribution in [0.4, 0.5) is 0 Å². The van der Waals surface area contributed by atoms with E-state index < -0.39 is 0 Å². The first-order valence-electron chi connectivity index (χ1n) is 22.8. The maximum absolute atomic E-state index is 6.97. The molecule has 15 rings (SSSR count).